The first-order valence-electron chi connectivity index (χ1n) is 6.41. The van der Waals surface area contributed by atoms with Crippen LogP contribution in [0.25, 0.3) is 0 Å². The van der Waals surface area contributed by atoms with Crippen LogP contribution < -0.4 is 0 Å². The van der Waals surface area contributed by atoms with E-state index in [-0.39, 0.29) is 30.3 Å². The second-order valence-electron chi connectivity index (χ2n) is 5.44. The average Bonchev–Trinajstić information content (AvgIpc) is 3.04. The van der Waals surface area contributed by atoms with Crippen molar-refractivity contribution in [3.05, 3.63) is 0 Å². The van der Waals surface area contributed by atoms with Crippen molar-refractivity contribution >= 4 is 43.8 Å². The van der Waals surface area contributed by atoms with Crippen LogP contribution in [-0.4, -0.2) is 101 Å². The number of hydrogen-bond acceptors (Lipinski definition) is 4. The number of amides is 2. The van der Waals surface area contributed by atoms with E-state index in [0.29, 0.717) is 26.1 Å². The van der Waals surface area contributed by atoms with Crippen molar-refractivity contribution in [2.24, 2.45) is 5.92 Å². The van der Waals surface area contributed by atoms with Gasteiger partial charge in [0.05, 0.1) is 0 Å². The maximum absolute atomic E-state index is 12.1. The minimum absolute atomic E-state index is 0.0642. The molecule has 1 heterocycles. The van der Waals surface area contributed by atoms with E-state index in [9.17, 15) is 14.4 Å². The van der Waals surface area contributed by atoms with E-state index in [1.165, 1.54) is 16.8 Å². The Hall–Kier alpha value is -0.708. The Morgan fingerprint density at radius 2 is 1.85 bits per heavy atom. The van der Waals surface area contributed by atoms with Crippen LogP contribution in [0, 0.1) is 5.92 Å². The van der Waals surface area contributed by atoms with Gasteiger partial charge in [-0.15, -0.1) is 0 Å². The number of hydrogen-bond donors (Lipinski definition) is 1. The molecule has 1 unspecified atom stereocenters. The third-order valence-corrected chi connectivity index (χ3v) is 5.60. The molecule has 0 aliphatic carbocycles. The number of nitrogens with zero attached hydrogens (tertiary/aromatic N) is 3. The van der Waals surface area contributed by atoms with Crippen molar-refractivity contribution in [3.63, 3.8) is 0 Å². The van der Waals surface area contributed by atoms with E-state index in [0.717, 1.165) is 6.54 Å². The van der Waals surface area contributed by atoms with Gasteiger partial charge in [-0.25, -0.2) is 0 Å². The fourth-order valence-corrected chi connectivity index (χ4v) is 3.34. The molecule has 0 spiro atoms. The van der Waals surface area contributed by atoms with Crippen molar-refractivity contribution in [1.82, 2.24) is 12.5 Å². The number of carbonyl (C=O) groups excluding carboxylic acids is 2. The van der Waals surface area contributed by atoms with Crippen LogP contribution in [-0.2, 0) is 14.4 Å². The minimum atomic E-state index is -1.03. The van der Waals surface area contributed by atoms with Crippen LogP contribution in [0.15, 0.2) is 0 Å². The predicted octanol–water partition coefficient (Wildman–Crippen LogP) is -1.22. The molecule has 1 aliphatic rings. The van der Waals surface area contributed by atoms with Gasteiger partial charge >= 0.3 is 135 Å². The zero-order chi connectivity index (χ0) is 15.6. The van der Waals surface area contributed by atoms with Crippen LogP contribution in [0.4, 0.5) is 0 Å². The summed E-state index contributed by atoms with van der Waals surface area (Å²) >= 11 is 0.637. The van der Waals surface area contributed by atoms with Gasteiger partial charge in [0.1, 0.15) is 0 Å². The Morgan fingerprint density at radius 1 is 1.35 bits per heavy atom. The Bertz CT molecular complexity index is 416. The molecule has 1 N–H and O–H groups in total. The Balaban J connectivity index is 2.60. The second kappa shape index (κ2) is 6.83. The summed E-state index contributed by atoms with van der Waals surface area (Å²) in [6, 6.07) is -0.938. The fraction of sp³-hybridized carbons (Fsp3) is 0.750. The molecule has 2 amide bonds. The van der Waals surface area contributed by atoms with Gasteiger partial charge in [0.2, 0.25) is 0 Å². The van der Waals surface area contributed by atoms with E-state index in [1.807, 2.05) is 2.71 Å². The molecule has 20 heavy (non-hydrogen) atoms. The van der Waals surface area contributed by atoms with Crippen LogP contribution in [0.2, 0.25) is 0 Å². The SMILES string of the molecule is CC(C)[C@@H](C(=O)O)N(C)C(=O)CN(C)C(=O)[C@H]1C[N]1[Tl]. The fourth-order valence-electron chi connectivity index (χ4n) is 2.07. The van der Waals surface area contributed by atoms with Crippen LogP contribution in [0.5, 0.6) is 0 Å². The van der Waals surface area contributed by atoms with E-state index < -0.39 is 12.0 Å². The molecule has 0 aromatic rings. The third kappa shape index (κ3) is 4.14. The van der Waals surface area contributed by atoms with Gasteiger partial charge in [0.15, 0.2) is 0 Å². The molecule has 110 valence electrons. The first kappa shape index (κ1) is 17.3. The molecule has 7 nitrogen and oxygen atoms in total. The molecular formula is C12H20N3O4Tl. The number of carboxylic acid groups (broad SMARTS) is 1. The van der Waals surface area contributed by atoms with E-state index in [2.05, 4.69) is 0 Å². The Labute approximate surface area is 135 Å². The van der Waals surface area contributed by atoms with Crippen LogP contribution >= 0.6 is 0 Å². The van der Waals surface area contributed by atoms with Crippen LogP contribution in [0.1, 0.15) is 13.8 Å². The molecule has 1 rings (SSSR count). The van der Waals surface area contributed by atoms with E-state index in [4.69, 9.17) is 5.11 Å². The zero-order valence-corrected chi connectivity index (χ0v) is 16.7. The van der Waals surface area contributed by atoms with Crippen molar-refractivity contribution in [2.45, 2.75) is 25.9 Å². The topological polar surface area (TPSA) is 80.9 Å². The number of carboxylic acids is 1. The van der Waals surface area contributed by atoms with Gasteiger partial charge in [-0.05, 0) is 0 Å². The molecule has 0 aromatic heterocycles. The van der Waals surface area contributed by atoms with E-state index >= 15 is 0 Å². The van der Waals surface area contributed by atoms with E-state index in [1.54, 1.807) is 20.9 Å². The number of rotatable bonds is 6. The summed E-state index contributed by atoms with van der Waals surface area (Å²) in [6.45, 7) is 4.20. The average molecular weight is 475 g/mol. The number of likely N-dealkylation sites (N-methyl/N-ethyl adjacent to an activating group) is 2. The predicted molar refractivity (Wildman–Crippen MR) is 72.9 cm³/mol. The third-order valence-electron chi connectivity index (χ3n) is 3.38. The van der Waals surface area contributed by atoms with Gasteiger partial charge in [-0.3, -0.25) is 0 Å². The monoisotopic (exact) mass is 475 g/mol. The molecule has 1 saturated heterocycles. The van der Waals surface area contributed by atoms with Gasteiger partial charge in [-0.2, -0.15) is 0 Å². The molecule has 0 aromatic carbocycles. The standard InChI is InChI=1S/C12H20N3O4.Tl/c1-7(2)10(12(18)19)15(4)9(16)6-14(3)11(17)8-5-13-8;/h7-8,10H,5-6H2,1-4H3,(H,18,19);/q-1;+1/t8-,10+;/m1./s1. The first-order valence-corrected chi connectivity index (χ1v) is 8.42. The van der Waals surface area contributed by atoms with Crippen molar-refractivity contribution < 1.29 is 19.5 Å². The molecule has 0 bridgehead atoms. The summed E-state index contributed by atoms with van der Waals surface area (Å²) in [5.74, 6) is -1.64. The molecule has 0 radical (unpaired) electrons. The molecule has 8 heteroatoms. The zero-order valence-electron chi connectivity index (χ0n) is 12.2. The number of aliphatic carboxylic acids is 1. The Morgan fingerprint density at radius 3 is 2.20 bits per heavy atom. The van der Waals surface area contributed by atoms with Crippen molar-refractivity contribution in [3.8, 4) is 0 Å². The quantitative estimate of drug-likeness (QED) is 0.386. The molecule has 0 saturated carbocycles. The molecular weight excluding hydrogens is 455 g/mol. The van der Waals surface area contributed by atoms with Gasteiger partial charge in [0, 0.05) is 0 Å². The van der Waals surface area contributed by atoms with Crippen molar-refractivity contribution in [2.75, 3.05) is 27.2 Å². The Kier molecular flexibility index (Phi) is 5.93. The van der Waals surface area contributed by atoms with Gasteiger partial charge < -0.3 is 0 Å². The molecule has 1 aliphatic heterocycles. The molecule has 1 fully saturated rings. The van der Waals surface area contributed by atoms with Crippen LogP contribution in [0.3, 0.4) is 0 Å². The van der Waals surface area contributed by atoms with Crippen molar-refractivity contribution in [1.29, 1.82) is 0 Å². The number of carbonyl (C=O) groups is 3. The summed E-state index contributed by atoms with van der Waals surface area (Å²) in [4.78, 5) is 37.8. The summed E-state index contributed by atoms with van der Waals surface area (Å²) < 4.78 is 2.04. The normalized spacial score (nSPS) is 22.2. The molecule has 3 atom stereocenters. The summed E-state index contributed by atoms with van der Waals surface area (Å²) in [6.07, 6.45) is 0. The summed E-state index contributed by atoms with van der Waals surface area (Å²) in [5, 5.41) is 9.16. The maximum atomic E-state index is 12.1. The second-order valence-corrected chi connectivity index (χ2v) is 8.02. The summed E-state index contributed by atoms with van der Waals surface area (Å²) in [5.41, 5.74) is 0. The van der Waals surface area contributed by atoms with Gasteiger partial charge in [0.25, 0.3) is 0 Å². The van der Waals surface area contributed by atoms with Gasteiger partial charge in [-0.1, -0.05) is 0 Å². The summed E-state index contributed by atoms with van der Waals surface area (Å²) in [7, 11) is 3.05. The first-order chi connectivity index (χ1) is 9.16.